The van der Waals surface area contributed by atoms with E-state index in [0.717, 1.165) is 5.57 Å². The van der Waals surface area contributed by atoms with Crippen molar-refractivity contribution in [1.82, 2.24) is 4.90 Å². The van der Waals surface area contributed by atoms with Gasteiger partial charge < -0.3 is 20.5 Å². The van der Waals surface area contributed by atoms with E-state index in [-0.39, 0.29) is 29.9 Å². The van der Waals surface area contributed by atoms with Crippen LogP contribution < -0.4 is 10.5 Å². The molecule has 27 heavy (non-hydrogen) atoms. The first-order valence-corrected chi connectivity index (χ1v) is 8.34. The Bertz CT molecular complexity index is 857. The summed E-state index contributed by atoms with van der Waals surface area (Å²) in [6.07, 6.45) is 5.20. The number of carboxylic acid groups (broad SMARTS) is 1. The van der Waals surface area contributed by atoms with Crippen LogP contribution in [0.15, 0.2) is 48.2 Å². The smallest absolute Gasteiger partial charge is 0.341 e. The fourth-order valence-electron chi connectivity index (χ4n) is 3.15. The quantitative estimate of drug-likeness (QED) is 0.368. The van der Waals surface area contributed by atoms with Crippen LogP contribution in [0.3, 0.4) is 0 Å². The molecule has 8 heteroatoms. The SMILES string of the molecule is N=C(N)C1C=CC2=CN(CC(=O)c3ccc(OCC(=O)O)cc3)CC2C1=O. The number of rotatable bonds is 7. The van der Waals surface area contributed by atoms with Gasteiger partial charge in [-0.15, -0.1) is 0 Å². The van der Waals surface area contributed by atoms with Gasteiger partial charge in [0, 0.05) is 18.3 Å². The highest BCUT2D eigenvalue weighted by molar-refractivity contribution is 6.07. The lowest BCUT2D eigenvalue weighted by molar-refractivity contribution is -0.139. The van der Waals surface area contributed by atoms with Crippen molar-refractivity contribution < 1.29 is 24.2 Å². The molecule has 1 aromatic carbocycles. The van der Waals surface area contributed by atoms with Crippen molar-refractivity contribution in [3.63, 3.8) is 0 Å². The molecule has 0 radical (unpaired) electrons. The van der Waals surface area contributed by atoms with Crippen LogP contribution in [0.25, 0.3) is 0 Å². The average molecular weight is 369 g/mol. The Hall–Kier alpha value is -3.42. The summed E-state index contributed by atoms with van der Waals surface area (Å²) in [4.78, 5) is 37.2. The molecule has 2 aliphatic rings. The number of hydrogen-bond donors (Lipinski definition) is 3. The Morgan fingerprint density at radius 3 is 2.63 bits per heavy atom. The van der Waals surface area contributed by atoms with Gasteiger partial charge in [0.25, 0.3) is 0 Å². The number of amidine groups is 1. The van der Waals surface area contributed by atoms with Crippen molar-refractivity contribution in [2.24, 2.45) is 17.6 Å². The molecule has 0 saturated heterocycles. The highest BCUT2D eigenvalue weighted by Crippen LogP contribution is 2.31. The Morgan fingerprint density at radius 1 is 1.30 bits per heavy atom. The lowest BCUT2D eigenvalue weighted by atomic mass is 9.83. The number of nitrogens with two attached hydrogens (primary N) is 1. The predicted molar refractivity (Wildman–Crippen MR) is 96.6 cm³/mol. The average Bonchev–Trinajstić information content (AvgIpc) is 3.03. The minimum Gasteiger partial charge on any atom is -0.482 e. The maximum absolute atomic E-state index is 12.5. The molecule has 2 unspecified atom stereocenters. The van der Waals surface area contributed by atoms with Gasteiger partial charge >= 0.3 is 5.97 Å². The normalized spacial score (nSPS) is 20.8. The number of aliphatic carboxylic acids is 1. The molecule has 1 aromatic rings. The summed E-state index contributed by atoms with van der Waals surface area (Å²) in [5, 5.41) is 16.1. The third-order valence-corrected chi connectivity index (χ3v) is 4.50. The summed E-state index contributed by atoms with van der Waals surface area (Å²) in [5.41, 5.74) is 6.75. The van der Waals surface area contributed by atoms with Gasteiger partial charge in [-0.05, 0) is 29.8 Å². The molecule has 1 heterocycles. The molecule has 0 spiro atoms. The van der Waals surface area contributed by atoms with E-state index < -0.39 is 18.5 Å². The van der Waals surface area contributed by atoms with Gasteiger partial charge in [0.2, 0.25) is 0 Å². The van der Waals surface area contributed by atoms with E-state index in [2.05, 4.69) is 0 Å². The van der Waals surface area contributed by atoms with Crippen LogP contribution in [0.4, 0.5) is 0 Å². The number of carbonyl (C=O) groups is 3. The van der Waals surface area contributed by atoms with Crippen LogP contribution in [0.1, 0.15) is 10.4 Å². The van der Waals surface area contributed by atoms with Crippen molar-refractivity contribution >= 4 is 23.4 Å². The third kappa shape index (κ3) is 4.05. The Kier molecular flexibility index (Phi) is 5.07. The molecule has 1 aliphatic carbocycles. The van der Waals surface area contributed by atoms with Gasteiger partial charge in [-0.25, -0.2) is 4.79 Å². The number of Topliss-reactive ketones (excluding diaryl/α,β-unsaturated/α-hetero) is 2. The number of benzene rings is 1. The molecule has 3 rings (SSSR count). The second-order valence-electron chi connectivity index (χ2n) is 6.44. The van der Waals surface area contributed by atoms with E-state index in [0.29, 0.717) is 17.9 Å². The van der Waals surface area contributed by atoms with E-state index in [1.165, 1.54) is 0 Å². The highest BCUT2D eigenvalue weighted by Gasteiger charge is 2.37. The highest BCUT2D eigenvalue weighted by atomic mass is 16.5. The van der Waals surface area contributed by atoms with Gasteiger partial charge in [-0.2, -0.15) is 0 Å². The summed E-state index contributed by atoms with van der Waals surface area (Å²) in [6, 6.07) is 6.24. The molecule has 8 nitrogen and oxygen atoms in total. The van der Waals surface area contributed by atoms with Crippen molar-refractivity contribution in [2.75, 3.05) is 19.7 Å². The van der Waals surface area contributed by atoms with E-state index in [1.807, 2.05) is 0 Å². The maximum atomic E-state index is 12.5. The van der Waals surface area contributed by atoms with E-state index in [9.17, 15) is 14.4 Å². The fraction of sp³-hybridized carbons (Fsp3) is 0.263. The molecule has 0 aromatic heterocycles. The second kappa shape index (κ2) is 7.45. The van der Waals surface area contributed by atoms with Crippen molar-refractivity contribution in [3.8, 4) is 5.75 Å². The Labute approximate surface area is 155 Å². The number of allylic oxidation sites excluding steroid dienone is 1. The zero-order valence-corrected chi connectivity index (χ0v) is 14.4. The van der Waals surface area contributed by atoms with Crippen LogP contribution in [-0.4, -0.2) is 53.1 Å². The van der Waals surface area contributed by atoms with Crippen LogP contribution in [-0.2, 0) is 9.59 Å². The first-order valence-electron chi connectivity index (χ1n) is 8.34. The first kappa shape index (κ1) is 18.4. The number of carbonyl (C=O) groups excluding carboxylic acids is 2. The number of carboxylic acids is 1. The molecule has 0 saturated carbocycles. The molecule has 4 N–H and O–H groups in total. The molecule has 2 atom stereocenters. The number of ether oxygens (including phenoxy) is 1. The molecule has 0 fully saturated rings. The third-order valence-electron chi connectivity index (χ3n) is 4.50. The van der Waals surface area contributed by atoms with Crippen molar-refractivity contribution in [1.29, 1.82) is 5.41 Å². The van der Waals surface area contributed by atoms with Gasteiger partial charge in [0.15, 0.2) is 18.2 Å². The monoisotopic (exact) mass is 369 g/mol. The zero-order valence-electron chi connectivity index (χ0n) is 14.4. The van der Waals surface area contributed by atoms with Gasteiger partial charge in [0.1, 0.15) is 11.6 Å². The number of ketones is 2. The number of nitrogens with one attached hydrogen (secondary N) is 1. The van der Waals surface area contributed by atoms with Crippen molar-refractivity contribution in [3.05, 3.63) is 53.8 Å². The molecule has 140 valence electrons. The number of nitrogens with zero attached hydrogens (tertiary/aromatic N) is 1. The van der Waals surface area contributed by atoms with Gasteiger partial charge in [-0.3, -0.25) is 15.0 Å². The lowest BCUT2D eigenvalue weighted by Gasteiger charge is -2.22. The summed E-state index contributed by atoms with van der Waals surface area (Å²) < 4.78 is 5.04. The largest absolute Gasteiger partial charge is 0.482 e. The maximum Gasteiger partial charge on any atom is 0.341 e. The standard InChI is InChI=1S/C19H19N3O5/c20-19(21)14-6-3-12-7-22(8-15(12)18(14)26)9-16(23)11-1-4-13(5-2-11)27-10-17(24)25/h1-7,14-15H,8-10H2,(H3,20,21)(H,24,25). The van der Waals surface area contributed by atoms with Crippen LogP contribution >= 0.6 is 0 Å². The molecule has 0 amide bonds. The number of hydrogen-bond acceptors (Lipinski definition) is 6. The minimum atomic E-state index is -1.07. The fourth-order valence-corrected chi connectivity index (χ4v) is 3.15. The summed E-state index contributed by atoms with van der Waals surface area (Å²) >= 11 is 0. The molecular weight excluding hydrogens is 350 g/mol. The zero-order chi connectivity index (χ0) is 19.6. The second-order valence-corrected chi connectivity index (χ2v) is 6.44. The minimum absolute atomic E-state index is 0.112. The molecule has 1 aliphatic heterocycles. The van der Waals surface area contributed by atoms with E-state index in [1.54, 1.807) is 47.5 Å². The Balaban J connectivity index is 1.61. The molecular formula is C19H19N3O5. The topological polar surface area (TPSA) is 134 Å². The van der Waals surface area contributed by atoms with Crippen LogP contribution in [0.5, 0.6) is 5.75 Å². The molecule has 0 bridgehead atoms. The van der Waals surface area contributed by atoms with Gasteiger partial charge in [-0.1, -0.05) is 12.2 Å². The number of fused-ring (bicyclic) bond motifs is 1. The Morgan fingerprint density at radius 2 is 2.00 bits per heavy atom. The first-order chi connectivity index (χ1) is 12.8. The van der Waals surface area contributed by atoms with E-state index in [4.69, 9.17) is 21.0 Å². The summed E-state index contributed by atoms with van der Waals surface area (Å²) in [7, 11) is 0. The van der Waals surface area contributed by atoms with Crippen LogP contribution in [0.2, 0.25) is 0 Å². The van der Waals surface area contributed by atoms with Crippen LogP contribution in [0, 0.1) is 17.2 Å². The summed E-state index contributed by atoms with van der Waals surface area (Å²) in [6.45, 7) is 0.0495. The van der Waals surface area contributed by atoms with Crippen molar-refractivity contribution in [2.45, 2.75) is 0 Å². The summed E-state index contributed by atoms with van der Waals surface area (Å²) in [5.74, 6) is -2.19. The van der Waals surface area contributed by atoms with E-state index >= 15 is 0 Å². The predicted octanol–water partition coefficient (Wildman–Crippen LogP) is 0.839. The lowest BCUT2D eigenvalue weighted by Crippen LogP contribution is -2.37. The van der Waals surface area contributed by atoms with Gasteiger partial charge in [0.05, 0.1) is 18.4 Å².